The minimum Gasteiger partial charge on any atom is -0.771 e. The van der Waals surface area contributed by atoms with Gasteiger partial charge in [0, 0.05) is 19.5 Å². The van der Waals surface area contributed by atoms with Crippen molar-refractivity contribution in [2.24, 2.45) is 0 Å². The Morgan fingerprint density at radius 1 is 1.53 bits per heavy atom. The number of esters is 1. The van der Waals surface area contributed by atoms with Gasteiger partial charge in [-0.15, -0.1) is 0 Å². The maximum atomic E-state index is 11.0. The van der Waals surface area contributed by atoms with Gasteiger partial charge in [0.2, 0.25) is 0 Å². The van der Waals surface area contributed by atoms with Crippen LogP contribution in [0, 0.1) is 0 Å². The fourth-order valence-electron chi connectivity index (χ4n) is 1.57. The third kappa shape index (κ3) is 4.72. The summed E-state index contributed by atoms with van der Waals surface area (Å²) in [5.74, 6) is -0.102. The van der Waals surface area contributed by atoms with Crippen LogP contribution in [0.1, 0.15) is 26.2 Å². The monoisotopic (exact) mass is 234 g/mol. The summed E-state index contributed by atoms with van der Waals surface area (Å²) in [5.41, 5.74) is 0. The first kappa shape index (κ1) is 12.6. The molecule has 0 N–H and O–H groups in total. The first-order valence-electron chi connectivity index (χ1n) is 5.09. The Labute approximate surface area is 92.1 Å². The first-order valence-corrected chi connectivity index (χ1v) is 6.34. The molecule has 1 heterocycles. The number of ether oxygens (including phenoxy) is 1. The molecule has 1 rings (SSSR count). The molecule has 0 radical (unpaired) electrons. The standard InChI is InChI=1S/C9H17NO4S/c1-2-9(11)14-8-3-5-10(6-4-8)7-15(12)13/h8H,2-7H2,1H3,(H,12,13)/p-1. The molecule has 0 aromatic carbocycles. The van der Waals surface area contributed by atoms with Crippen molar-refractivity contribution in [2.75, 3.05) is 19.0 Å². The molecule has 1 unspecified atom stereocenters. The summed E-state index contributed by atoms with van der Waals surface area (Å²) in [6, 6.07) is 0. The highest BCUT2D eigenvalue weighted by Gasteiger charge is 2.21. The van der Waals surface area contributed by atoms with Gasteiger partial charge in [0.05, 0.1) is 5.88 Å². The average molecular weight is 234 g/mol. The molecular weight excluding hydrogens is 218 g/mol. The van der Waals surface area contributed by atoms with Gasteiger partial charge in [-0.2, -0.15) is 0 Å². The minimum absolute atomic E-state index is 0.0335. The van der Waals surface area contributed by atoms with Crippen molar-refractivity contribution in [3.05, 3.63) is 0 Å². The Morgan fingerprint density at radius 3 is 2.60 bits per heavy atom. The molecule has 88 valence electrons. The quantitative estimate of drug-likeness (QED) is 0.515. The molecule has 1 atom stereocenters. The Hall–Kier alpha value is -0.460. The molecule has 1 saturated heterocycles. The van der Waals surface area contributed by atoms with E-state index in [1.54, 1.807) is 6.92 Å². The summed E-state index contributed by atoms with van der Waals surface area (Å²) >= 11 is -2.02. The van der Waals surface area contributed by atoms with Crippen LogP contribution in [0.15, 0.2) is 0 Å². The van der Waals surface area contributed by atoms with Crippen molar-refractivity contribution >= 4 is 17.0 Å². The van der Waals surface area contributed by atoms with E-state index in [-0.39, 0.29) is 18.0 Å². The van der Waals surface area contributed by atoms with Gasteiger partial charge in [0.15, 0.2) is 0 Å². The number of likely N-dealkylation sites (tertiary alicyclic amines) is 1. The average Bonchev–Trinajstić information content (AvgIpc) is 2.20. The van der Waals surface area contributed by atoms with E-state index in [2.05, 4.69) is 0 Å². The van der Waals surface area contributed by atoms with Crippen LogP contribution >= 0.6 is 0 Å². The van der Waals surface area contributed by atoms with E-state index in [0.717, 1.165) is 12.8 Å². The number of carbonyl (C=O) groups excluding carboxylic acids is 1. The largest absolute Gasteiger partial charge is 0.771 e. The number of rotatable bonds is 4. The van der Waals surface area contributed by atoms with E-state index in [1.807, 2.05) is 4.90 Å². The summed E-state index contributed by atoms with van der Waals surface area (Å²) in [4.78, 5) is 12.9. The molecule has 0 saturated carbocycles. The number of carbonyl (C=O) groups is 1. The molecule has 0 spiro atoms. The minimum atomic E-state index is -2.02. The lowest BCUT2D eigenvalue weighted by molar-refractivity contribution is -0.150. The van der Waals surface area contributed by atoms with Gasteiger partial charge in [0.1, 0.15) is 6.10 Å². The van der Waals surface area contributed by atoms with Crippen LogP contribution < -0.4 is 0 Å². The van der Waals surface area contributed by atoms with Gasteiger partial charge in [-0.1, -0.05) is 6.92 Å². The van der Waals surface area contributed by atoms with Crippen molar-refractivity contribution in [2.45, 2.75) is 32.3 Å². The second-order valence-electron chi connectivity index (χ2n) is 3.59. The number of hydrogen-bond acceptors (Lipinski definition) is 5. The molecule has 0 aromatic heterocycles. The SMILES string of the molecule is CCC(=O)OC1CCN(CS(=O)[O-])CC1. The normalized spacial score (nSPS) is 21.2. The Bertz CT molecular complexity index is 238. The molecule has 0 aliphatic carbocycles. The van der Waals surface area contributed by atoms with Crippen LogP contribution in [0.2, 0.25) is 0 Å². The highest BCUT2D eigenvalue weighted by molar-refractivity contribution is 7.79. The first-order chi connectivity index (χ1) is 7.11. The summed E-state index contributed by atoms with van der Waals surface area (Å²) in [5, 5.41) is 0. The molecule has 5 nitrogen and oxygen atoms in total. The zero-order valence-electron chi connectivity index (χ0n) is 8.81. The number of hydrogen-bond donors (Lipinski definition) is 0. The third-order valence-electron chi connectivity index (χ3n) is 2.41. The number of piperidine rings is 1. The van der Waals surface area contributed by atoms with Crippen molar-refractivity contribution in [3.8, 4) is 0 Å². The summed E-state index contributed by atoms with van der Waals surface area (Å²) in [6.45, 7) is 3.11. The van der Waals surface area contributed by atoms with Crippen LogP contribution in [0.3, 0.4) is 0 Å². The zero-order chi connectivity index (χ0) is 11.3. The van der Waals surface area contributed by atoms with Crippen LogP contribution in [0.5, 0.6) is 0 Å². The van der Waals surface area contributed by atoms with E-state index in [9.17, 15) is 13.6 Å². The molecule has 6 heteroatoms. The molecule has 0 aromatic rings. The third-order valence-corrected chi connectivity index (χ3v) is 2.99. The highest BCUT2D eigenvalue weighted by Crippen LogP contribution is 2.14. The van der Waals surface area contributed by atoms with Crippen molar-refractivity contribution < 1.29 is 18.3 Å². The molecule has 1 aliphatic rings. The fraction of sp³-hybridized carbons (Fsp3) is 0.889. The molecule has 0 bridgehead atoms. The van der Waals surface area contributed by atoms with E-state index in [0.29, 0.717) is 19.5 Å². The molecule has 15 heavy (non-hydrogen) atoms. The maximum Gasteiger partial charge on any atom is 0.305 e. The van der Waals surface area contributed by atoms with E-state index in [4.69, 9.17) is 4.74 Å². The van der Waals surface area contributed by atoms with Crippen molar-refractivity contribution in [1.82, 2.24) is 4.90 Å². The molecular formula is C9H16NO4S-. The van der Waals surface area contributed by atoms with Crippen LogP contribution in [0.25, 0.3) is 0 Å². The van der Waals surface area contributed by atoms with Gasteiger partial charge in [-0.05, 0) is 23.9 Å². The van der Waals surface area contributed by atoms with Gasteiger partial charge >= 0.3 is 5.97 Å². The summed E-state index contributed by atoms with van der Waals surface area (Å²) in [7, 11) is 0. The lowest BCUT2D eigenvalue weighted by atomic mass is 10.1. The van der Waals surface area contributed by atoms with Gasteiger partial charge < -0.3 is 9.29 Å². The lowest BCUT2D eigenvalue weighted by Gasteiger charge is -2.31. The van der Waals surface area contributed by atoms with E-state index in [1.165, 1.54) is 0 Å². The molecule has 1 aliphatic heterocycles. The number of nitrogens with zero attached hydrogens (tertiary/aromatic N) is 1. The van der Waals surface area contributed by atoms with Crippen LogP contribution in [-0.4, -0.2) is 44.7 Å². The smallest absolute Gasteiger partial charge is 0.305 e. The Kier molecular flexibility index (Phi) is 5.21. The zero-order valence-corrected chi connectivity index (χ0v) is 9.62. The highest BCUT2D eigenvalue weighted by atomic mass is 32.2. The van der Waals surface area contributed by atoms with E-state index >= 15 is 0 Å². The van der Waals surface area contributed by atoms with Crippen molar-refractivity contribution in [1.29, 1.82) is 0 Å². The topological polar surface area (TPSA) is 69.7 Å². The lowest BCUT2D eigenvalue weighted by Crippen LogP contribution is -2.39. The Balaban J connectivity index is 2.23. The second kappa shape index (κ2) is 6.19. The van der Waals surface area contributed by atoms with Gasteiger partial charge in [-0.25, -0.2) is 0 Å². The second-order valence-corrected chi connectivity index (χ2v) is 4.46. The maximum absolute atomic E-state index is 11.0. The van der Waals surface area contributed by atoms with Gasteiger partial charge in [-0.3, -0.25) is 13.9 Å². The van der Waals surface area contributed by atoms with Crippen molar-refractivity contribution in [3.63, 3.8) is 0 Å². The summed E-state index contributed by atoms with van der Waals surface area (Å²) in [6.07, 6.45) is 1.81. The van der Waals surface area contributed by atoms with Crippen LogP contribution in [0.4, 0.5) is 0 Å². The molecule has 0 amide bonds. The predicted molar refractivity (Wildman–Crippen MR) is 54.8 cm³/mol. The summed E-state index contributed by atoms with van der Waals surface area (Å²) < 4.78 is 26.1. The van der Waals surface area contributed by atoms with E-state index < -0.39 is 11.1 Å². The van der Waals surface area contributed by atoms with Gasteiger partial charge in [0.25, 0.3) is 0 Å². The molecule has 1 fully saturated rings. The predicted octanol–water partition coefficient (Wildman–Crippen LogP) is 0.241. The fourth-order valence-corrected chi connectivity index (χ4v) is 2.13. The van der Waals surface area contributed by atoms with Crippen LogP contribution in [-0.2, 0) is 20.6 Å². The Morgan fingerprint density at radius 2 is 2.13 bits per heavy atom.